The summed E-state index contributed by atoms with van der Waals surface area (Å²) >= 11 is 0. The SMILES string of the molecule is CCNc1ccnc(-c2ccc(C)nc2)n1. The molecule has 0 fully saturated rings. The van der Waals surface area contributed by atoms with Gasteiger partial charge in [-0.25, -0.2) is 9.97 Å². The van der Waals surface area contributed by atoms with Gasteiger partial charge in [0.05, 0.1) is 0 Å². The van der Waals surface area contributed by atoms with Crippen LogP contribution in [-0.4, -0.2) is 21.5 Å². The molecule has 0 saturated carbocycles. The highest BCUT2D eigenvalue weighted by Crippen LogP contribution is 2.15. The maximum absolute atomic E-state index is 4.40. The van der Waals surface area contributed by atoms with Crippen LogP contribution in [-0.2, 0) is 0 Å². The molecular formula is C12H14N4. The summed E-state index contributed by atoms with van der Waals surface area (Å²) in [5.41, 5.74) is 1.93. The molecule has 0 atom stereocenters. The van der Waals surface area contributed by atoms with Crippen LogP contribution in [0, 0.1) is 6.92 Å². The second-order valence-electron chi connectivity index (χ2n) is 3.48. The number of hydrogen-bond acceptors (Lipinski definition) is 4. The summed E-state index contributed by atoms with van der Waals surface area (Å²) < 4.78 is 0. The van der Waals surface area contributed by atoms with E-state index in [1.54, 1.807) is 12.4 Å². The molecule has 0 amide bonds. The van der Waals surface area contributed by atoms with E-state index in [-0.39, 0.29) is 0 Å². The molecule has 2 rings (SSSR count). The Morgan fingerprint density at radius 2 is 2.06 bits per heavy atom. The van der Waals surface area contributed by atoms with Gasteiger partial charge in [0, 0.05) is 30.2 Å². The van der Waals surface area contributed by atoms with Crippen LogP contribution in [0.4, 0.5) is 5.82 Å². The quantitative estimate of drug-likeness (QED) is 0.851. The fourth-order valence-electron chi connectivity index (χ4n) is 1.38. The third-order valence-electron chi connectivity index (χ3n) is 2.18. The van der Waals surface area contributed by atoms with Gasteiger partial charge in [-0.05, 0) is 32.0 Å². The minimum atomic E-state index is 0.700. The number of nitrogens with zero attached hydrogens (tertiary/aromatic N) is 3. The Morgan fingerprint density at radius 3 is 2.75 bits per heavy atom. The van der Waals surface area contributed by atoms with Crippen LogP contribution in [0.2, 0.25) is 0 Å². The zero-order chi connectivity index (χ0) is 11.4. The molecule has 0 unspecified atom stereocenters. The molecule has 1 N–H and O–H groups in total. The molecule has 0 aliphatic heterocycles. The summed E-state index contributed by atoms with van der Waals surface area (Å²) in [6.07, 6.45) is 3.54. The van der Waals surface area contributed by atoms with Crippen molar-refractivity contribution in [3.63, 3.8) is 0 Å². The highest BCUT2D eigenvalue weighted by atomic mass is 15.0. The lowest BCUT2D eigenvalue weighted by atomic mass is 10.2. The normalized spacial score (nSPS) is 10.1. The number of pyridine rings is 1. The van der Waals surface area contributed by atoms with Crippen molar-refractivity contribution in [1.29, 1.82) is 0 Å². The van der Waals surface area contributed by atoms with E-state index in [1.807, 2.05) is 32.0 Å². The first-order chi connectivity index (χ1) is 7.79. The number of anilines is 1. The molecule has 82 valence electrons. The van der Waals surface area contributed by atoms with Gasteiger partial charge in [-0.1, -0.05) is 0 Å². The van der Waals surface area contributed by atoms with Crippen LogP contribution in [0.3, 0.4) is 0 Å². The summed E-state index contributed by atoms with van der Waals surface area (Å²) in [7, 11) is 0. The highest BCUT2D eigenvalue weighted by molar-refractivity contribution is 5.55. The van der Waals surface area contributed by atoms with Gasteiger partial charge in [-0.3, -0.25) is 4.98 Å². The summed E-state index contributed by atoms with van der Waals surface area (Å²) in [5.74, 6) is 1.54. The summed E-state index contributed by atoms with van der Waals surface area (Å²) in [4.78, 5) is 12.9. The smallest absolute Gasteiger partial charge is 0.163 e. The summed E-state index contributed by atoms with van der Waals surface area (Å²) in [6.45, 7) is 4.84. The Kier molecular flexibility index (Phi) is 3.10. The number of nitrogens with one attached hydrogen (secondary N) is 1. The van der Waals surface area contributed by atoms with Crippen LogP contribution >= 0.6 is 0 Å². The molecule has 4 nitrogen and oxygen atoms in total. The molecule has 2 heterocycles. The lowest BCUT2D eigenvalue weighted by Crippen LogP contribution is -2.00. The number of aromatic nitrogens is 3. The molecule has 0 aromatic carbocycles. The van der Waals surface area contributed by atoms with Crippen molar-refractivity contribution < 1.29 is 0 Å². The summed E-state index contributed by atoms with van der Waals surface area (Å²) in [6, 6.07) is 5.79. The van der Waals surface area contributed by atoms with Crippen molar-refractivity contribution in [2.24, 2.45) is 0 Å². The fraction of sp³-hybridized carbons (Fsp3) is 0.250. The molecular weight excluding hydrogens is 200 g/mol. The van der Waals surface area contributed by atoms with Gasteiger partial charge in [-0.2, -0.15) is 0 Å². The second-order valence-corrected chi connectivity index (χ2v) is 3.48. The van der Waals surface area contributed by atoms with E-state index < -0.39 is 0 Å². The third kappa shape index (κ3) is 2.34. The van der Waals surface area contributed by atoms with Crippen LogP contribution in [0.15, 0.2) is 30.6 Å². The Hall–Kier alpha value is -1.97. The molecule has 2 aromatic heterocycles. The first-order valence-corrected chi connectivity index (χ1v) is 5.29. The number of hydrogen-bond donors (Lipinski definition) is 1. The van der Waals surface area contributed by atoms with E-state index in [9.17, 15) is 0 Å². The molecule has 4 heteroatoms. The lowest BCUT2D eigenvalue weighted by molar-refractivity contribution is 1.11. The van der Waals surface area contributed by atoms with Gasteiger partial charge < -0.3 is 5.32 Å². The van der Waals surface area contributed by atoms with Gasteiger partial charge in [-0.15, -0.1) is 0 Å². The molecule has 0 bridgehead atoms. The Labute approximate surface area is 94.8 Å². The highest BCUT2D eigenvalue weighted by Gasteiger charge is 2.02. The van der Waals surface area contributed by atoms with Crippen molar-refractivity contribution in [1.82, 2.24) is 15.0 Å². The molecule has 0 aliphatic rings. The van der Waals surface area contributed by atoms with Gasteiger partial charge >= 0.3 is 0 Å². The van der Waals surface area contributed by atoms with Crippen molar-refractivity contribution in [2.45, 2.75) is 13.8 Å². The molecule has 2 aromatic rings. The molecule has 0 spiro atoms. The van der Waals surface area contributed by atoms with E-state index in [4.69, 9.17) is 0 Å². The number of rotatable bonds is 3. The second kappa shape index (κ2) is 4.70. The summed E-state index contributed by atoms with van der Waals surface area (Å²) in [5, 5.41) is 3.16. The maximum atomic E-state index is 4.40. The van der Waals surface area contributed by atoms with Crippen molar-refractivity contribution in [3.05, 3.63) is 36.3 Å². The maximum Gasteiger partial charge on any atom is 0.163 e. The van der Waals surface area contributed by atoms with Gasteiger partial charge in [0.2, 0.25) is 0 Å². The van der Waals surface area contributed by atoms with Crippen molar-refractivity contribution in [3.8, 4) is 11.4 Å². The molecule has 0 radical (unpaired) electrons. The van der Waals surface area contributed by atoms with Crippen LogP contribution in [0.1, 0.15) is 12.6 Å². The van der Waals surface area contributed by atoms with E-state index >= 15 is 0 Å². The van der Waals surface area contributed by atoms with Crippen LogP contribution in [0.5, 0.6) is 0 Å². The molecule has 0 aliphatic carbocycles. The monoisotopic (exact) mass is 214 g/mol. The molecule has 16 heavy (non-hydrogen) atoms. The lowest BCUT2D eigenvalue weighted by Gasteiger charge is -2.04. The van der Waals surface area contributed by atoms with Gasteiger partial charge in [0.1, 0.15) is 5.82 Å². The van der Waals surface area contributed by atoms with Crippen molar-refractivity contribution in [2.75, 3.05) is 11.9 Å². The fourth-order valence-corrected chi connectivity index (χ4v) is 1.38. The first kappa shape index (κ1) is 10.5. The largest absolute Gasteiger partial charge is 0.370 e. The zero-order valence-electron chi connectivity index (χ0n) is 9.44. The van der Waals surface area contributed by atoms with Gasteiger partial charge in [0.15, 0.2) is 5.82 Å². The first-order valence-electron chi connectivity index (χ1n) is 5.29. The zero-order valence-corrected chi connectivity index (χ0v) is 9.44. The van der Waals surface area contributed by atoms with E-state index in [0.29, 0.717) is 5.82 Å². The number of aryl methyl sites for hydroxylation is 1. The third-order valence-corrected chi connectivity index (χ3v) is 2.18. The topological polar surface area (TPSA) is 50.7 Å². The standard InChI is InChI=1S/C12H14N4/c1-3-13-11-6-7-14-12(16-11)10-5-4-9(2)15-8-10/h4-8H,3H2,1-2H3,(H,13,14,16). The Balaban J connectivity index is 2.32. The van der Waals surface area contributed by atoms with Crippen LogP contribution in [0.25, 0.3) is 11.4 Å². The minimum absolute atomic E-state index is 0.700. The van der Waals surface area contributed by atoms with E-state index in [1.165, 1.54) is 0 Å². The van der Waals surface area contributed by atoms with E-state index in [2.05, 4.69) is 20.3 Å². The average Bonchev–Trinajstić information content (AvgIpc) is 2.31. The minimum Gasteiger partial charge on any atom is -0.370 e. The van der Waals surface area contributed by atoms with Gasteiger partial charge in [0.25, 0.3) is 0 Å². The van der Waals surface area contributed by atoms with Crippen LogP contribution < -0.4 is 5.32 Å². The van der Waals surface area contributed by atoms with E-state index in [0.717, 1.165) is 23.6 Å². The molecule has 0 saturated heterocycles. The average molecular weight is 214 g/mol. The predicted molar refractivity (Wildman–Crippen MR) is 64.2 cm³/mol. The predicted octanol–water partition coefficient (Wildman–Crippen LogP) is 2.28. The van der Waals surface area contributed by atoms with Crippen molar-refractivity contribution >= 4 is 5.82 Å². The Bertz CT molecular complexity index is 465. The Morgan fingerprint density at radius 1 is 1.19 bits per heavy atom.